The second kappa shape index (κ2) is 4.93. The minimum absolute atomic E-state index is 0.0959. The number of phenolic OH excluding ortho intramolecular Hbond substituents is 1. The largest absolute Gasteiger partial charge is 0.506 e. The summed E-state index contributed by atoms with van der Waals surface area (Å²) in [6, 6.07) is 8.71. The number of phenols is 1. The summed E-state index contributed by atoms with van der Waals surface area (Å²) in [5, 5.41) is 13.1. The Balaban J connectivity index is 2.02. The summed E-state index contributed by atoms with van der Waals surface area (Å²) in [5.41, 5.74) is 7.70. The van der Waals surface area contributed by atoms with E-state index in [1.165, 1.54) is 0 Å². The Morgan fingerprint density at radius 1 is 1.29 bits per heavy atom. The number of anilines is 2. The quantitative estimate of drug-likeness (QED) is 0.444. The summed E-state index contributed by atoms with van der Waals surface area (Å²) in [4.78, 5) is 3.96. The molecule has 0 spiro atoms. The Kier molecular flexibility index (Phi) is 3.35. The molecule has 1 heterocycles. The maximum atomic E-state index is 9.45. The first-order chi connectivity index (χ1) is 8.15. The number of nitrogens with two attached hydrogens (primary N) is 1. The van der Waals surface area contributed by atoms with Crippen molar-refractivity contribution in [3.05, 3.63) is 47.2 Å². The standard InChI is InChI=1S/C12H12ClN3O/c13-12-4-2-9(7-16-12)15-6-8-1-3-10(14)11(17)5-8/h1-5,7,15,17H,6,14H2. The molecule has 0 saturated heterocycles. The van der Waals surface area contributed by atoms with E-state index >= 15 is 0 Å². The highest BCUT2D eigenvalue weighted by atomic mass is 35.5. The van der Waals surface area contributed by atoms with Crippen LogP contribution < -0.4 is 11.1 Å². The first kappa shape index (κ1) is 11.5. The van der Waals surface area contributed by atoms with Gasteiger partial charge in [-0.3, -0.25) is 0 Å². The van der Waals surface area contributed by atoms with Gasteiger partial charge >= 0.3 is 0 Å². The smallest absolute Gasteiger partial charge is 0.138 e. The van der Waals surface area contributed by atoms with E-state index in [0.717, 1.165) is 11.3 Å². The molecule has 4 N–H and O–H groups in total. The first-order valence-corrected chi connectivity index (χ1v) is 5.46. The second-order valence-electron chi connectivity index (χ2n) is 3.62. The van der Waals surface area contributed by atoms with Crippen LogP contribution in [0.25, 0.3) is 0 Å². The topological polar surface area (TPSA) is 71.2 Å². The number of rotatable bonds is 3. The van der Waals surface area contributed by atoms with E-state index in [0.29, 0.717) is 17.4 Å². The van der Waals surface area contributed by atoms with Crippen LogP contribution in [0.1, 0.15) is 5.56 Å². The molecule has 4 nitrogen and oxygen atoms in total. The zero-order valence-electron chi connectivity index (χ0n) is 9.02. The average Bonchev–Trinajstić information content (AvgIpc) is 2.33. The summed E-state index contributed by atoms with van der Waals surface area (Å²) in [6.45, 7) is 0.581. The molecule has 2 aromatic rings. The van der Waals surface area contributed by atoms with Crippen molar-refractivity contribution in [3.8, 4) is 5.75 Å². The molecule has 1 aromatic heterocycles. The van der Waals surface area contributed by atoms with Crippen LogP contribution in [0.4, 0.5) is 11.4 Å². The van der Waals surface area contributed by atoms with Gasteiger partial charge in [0.05, 0.1) is 17.6 Å². The van der Waals surface area contributed by atoms with Gasteiger partial charge in [-0.25, -0.2) is 4.98 Å². The van der Waals surface area contributed by atoms with Crippen molar-refractivity contribution in [2.45, 2.75) is 6.54 Å². The lowest BCUT2D eigenvalue weighted by Gasteiger charge is -2.07. The van der Waals surface area contributed by atoms with Gasteiger partial charge in [-0.15, -0.1) is 0 Å². The maximum Gasteiger partial charge on any atom is 0.138 e. The fourth-order valence-electron chi connectivity index (χ4n) is 1.38. The molecule has 2 rings (SSSR count). The SMILES string of the molecule is Nc1ccc(CNc2ccc(Cl)nc2)cc1O. The summed E-state index contributed by atoms with van der Waals surface area (Å²) < 4.78 is 0. The molecule has 0 radical (unpaired) electrons. The number of nitrogens with zero attached hydrogens (tertiary/aromatic N) is 1. The lowest BCUT2D eigenvalue weighted by atomic mass is 10.2. The fourth-order valence-corrected chi connectivity index (χ4v) is 1.50. The summed E-state index contributed by atoms with van der Waals surface area (Å²) in [7, 11) is 0. The molecule has 0 saturated carbocycles. The van der Waals surface area contributed by atoms with E-state index in [9.17, 15) is 5.11 Å². The van der Waals surface area contributed by atoms with Gasteiger partial charge in [0.2, 0.25) is 0 Å². The number of halogens is 1. The molecule has 0 amide bonds. The second-order valence-corrected chi connectivity index (χ2v) is 4.00. The van der Waals surface area contributed by atoms with Crippen molar-refractivity contribution in [1.29, 1.82) is 0 Å². The van der Waals surface area contributed by atoms with Gasteiger partial charge in [0.25, 0.3) is 0 Å². The van der Waals surface area contributed by atoms with Crippen molar-refractivity contribution in [3.63, 3.8) is 0 Å². The van der Waals surface area contributed by atoms with E-state index in [2.05, 4.69) is 10.3 Å². The van der Waals surface area contributed by atoms with Gasteiger partial charge in [-0.05, 0) is 29.8 Å². The van der Waals surface area contributed by atoms with Crippen molar-refractivity contribution < 1.29 is 5.11 Å². The molecule has 1 aromatic carbocycles. The molecule has 0 unspecified atom stereocenters. The van der Waals surface area contributed by atoms with Crippen molar-refractivity contribution in [2.24, 2.45) is 0 Å². The Labute approximate surface area is 104 Å². The normalized spacial score (nSPS) is 10.2. The number of hydrogen-bond acceptors (Lipinski definition) is 4. The van der Waals surface area contributed by atoms with Crippen molar-refractivity contribution >= 4 is 23.0 Å². The summed E-state index contributed by atoms with van der Waals surface area (Å²) in [5.74, 6) is 0.0959. The number of nitrogens with one attached hydrogen (secondary N) is 1. The number of aromatic nitrogens is 1. The number of aromatic hydroxyl groups is 1. The third-order valence-corrected chi connectivity index (χ3v) is 2.54. The van der Waals surface area contributed by atoms with Gasteiger partial charge in [0.15, 0.2) is 0 Å². The molecule has 0 atom stereocenters. The Bertz CT molecular complexity index is 514. The average molecular weight is 250 g/mol. The van der Waals surface area contributed by atoms with Crippen molar-refractivity contribution in [2.75, 3.05) is 11.1 Å². The van der Waals surface area contributed by atoms with Crippen LogP contribution in [-0.2, 0) is 6.54 Å². The first-order valence-electron chi connectivity index (χ1n) is 5.08. The van der Waals surface area contributed by atoms with Crippen LogP contribution >= 0.6 is 11.6 Å². The van der Waals surface area contributed by atoms with Crippen molar-refractivity contribution in [1.82, 2.24) is 4.98 Å². The fraction of sp³-hybridized carbons (Fsp3) is 0.0833. The number of pyridine rings is 1. The Morgan fingerprint density at radius 3 is 2.76 bits per heavy atom. The van der Waals surface area contributed by atoms with Crippen LogP contribution in [0.3, 0.4) is 0 Å². The van der Waals surface area contributed by atoms with Crippen LogP contribution in [0.2, 0.25) is 5.15 Å². The lowest BCUT2D eigenvalue weighted by Crippen LogP contribution is -2.00. The van der Waals surface area contributed by atoms with Crippen LogP contribution in [0.15, 0.2) is 36.5 Å². The number of nitrogen functional groups attached to an aromatic ring is 1. The van der Waals surface area contributed by atoms with E-state index in [-0.39, 0.29) is 5.75 Å². The molecule has 0 bridgehead atoms. The molecular weight excluding hydrogens is 238 g/mol. The molecule has 0 aliphatic rings. The summed E-state index contributed by atoms with van der Waals surface area (Å²) in [6.07, 6.45) is 1.65. The molecule has 0 fully saturated rings. The zero-order valence-corrected chi connectivity index (χ0v) is 9.78. The predicted molar refractivity (Wildman–Crippen MR) is 69.1 cm³/mol. The van der Waals surface area contributed by atoms with Crippen LogP contribution in [-0.4, -0.2) is 10.1 Å². The molecule has 5 heteroatoms. The van der Waals surface area contributed by atoms with E-state index in [4.69, 9.17) is 17.3 Å². The maximum absolute atomic E-state index is 9.45. The Morgan fingerprint density at radius 2 is 2.12 bits per heavy atom. The van der Waals surface area contributed by atoms with E-state index in [1.54, 1.807) is 24.4 Å². The highest BCUT2D eigenvalue weighted by Crippen LogP contribution is 2.21. The third kappa shape index (κ3) is 3.01. The minimum atomic E-state index is 0.0959. The number of benzene rings is 1. The lowest BCUT2D eigenvalue weighted by molar-refractivity contribution is 0.477. The monoisotopic (exact) mass is 249 g/mol. The summed E-state index contributed by atoms with van der Waals surface area (Å²) >= 11 is 5.68. The molecule has 17 heavy (non-hydrogen) atoms. The van der Waals surface area contributed by atoms with Crippen LogP contribution in [0, 0.1) is 0 Å². The zero-order chi connectivity index (χ0) is 12.3. The predicted octanol–water partition coefficient (Wildman–Crippen LogP) is 2.63. The third-order valence-electron chi connectivity index (χ3n) is 2.32. The van der Waals surface area contributed by atoms with Gasteiger partial charge in [-0.2, -0.15) is 0 Å². The molecule has 0 aliphatic heterocycles. The van der Waals surface area contributed by atoms with Gasteiger partial charge in [-0.1, -0.05) is 17.7 Å². The Hall–Kier alpha value is -1.94. The molecular formula is C12H12ClN3O. The highest BCUT2D eigenvalue weighted by molar-refractivity contribution is 6.29. The number of hydrogen-bond donors (Lipinski definition) is 3. The highest BCUT2D eigenvalue weighted by Gasteiger charge is 1.99. The van der Waals surface area contributed by atoms with E-state index in [1.807, 2.05) is 12.1 Å². The van der Waals surface area contributed by atoms with Gasteiger partial charge < -0.3 is 16.2 Å². The van der Waals surface area contributed by atoms with Gasteiger partial charge in [0, 0.05) is 6.54 Å². The molecule has 0 aliphatic carbocycles. The van der Waals surface area contributed by atoms with E-state index < -0.39 is 0 Å². The van der Waals surface area contributed by atoms with Crippen LogP contribution in [0.5, 0.6) is 5.75 Å². The minimum Gasteiger partial charge on any atom is -0.506 e. The molecule has 88 valence electrons. The van der Waals surface area contributed by atoms with Gasteiger partial charge in [0.1, 0.15) is 10.9 Å².